The first-order valence-electron chi connectivity index (χ1n) is 5.07. The van der Waals surface area contributed by atoms with E-state index in [4.69, 9.17) is 0 Å². The molecule has 1 saturated heterocycles. The van der Waals surface area contributed by atoms with Crippen LogP contribution in [0.2, 0.25) is 0 Å². The number of benzene rings is 1. The summed E-state index contributed by atoms with van der Waals surface area (Å²) in [4.78, 5) is 47.4. The van der Waals surface area contributed by atoms with Crippen molar-refractivity contribution in [1.29, 1.82) is 0 Å². The smallest absolute Gasteiger partial charge is 0.340 e. The zero-order valence-corrected chi connectivity index (χ0v) is 9.41. The molecule has 0 bridgehead atoms. The summed E-state index contributed by atoms with van der Waals surface area (Å²) in [6, 6.07) is 6.01. The summed E-state index contributed by atoms with van der Waals surface area (Å²) in [7, 11) is 1.26. The maximum Gasteiger partial charge on any atom is 0.347 e. The quantitative estimate of drug-likeness (QED) is 0.572. The van der Waals surface area contributed by atoms with Gasteiger partial charge in [-0.25, -0.2) is 14.5 Å². The summed E-state index contributed by atoms with van der Waals surface area (Å²) in [5.41, 5.74) is 0.243. The molecule has 0 aliphatic carbocycles. The van der Waals surface area contributed by atoms with Crippen molar-refractivity contribution in [3.05, 3.63) is 30.3 Å². The van der Waals surface area contributed by atoms with Crippen molar-refractivity contribution in [1.82, 2.24) is 10.2 Å². The van der Waals surface area contributed by atoms with Crippen LogP contribution in [0.25, 0.3) is 0 Å². The Morgan fingerprint density at radius 1 is 1.06 bits per heavy atom. The molecule has 1 aromatic rings. The van der Waals surface area contributed by atoms with E-state index in [1.165, 1.54) is 19.2 Å². The van der Waals surface area contributed by atoms with Gasteiger partial charge in [-0.3, -0.25) is 9.59 Å². The molecule has 0 spiro atoms. The van der Waals surface area contributed by atoms with E-state index in [9.17, 15) is 19.2 Å². The third-order valence-corrected chi connectivity index (χ3v) is 2.40. The molecule has 0 aromatic heterocycles. The minimum Gasteiger partial charge on any atom is -0.340 e. The van der Waals surface area contributed by atoms with E-state index >= 15 is 0 Å². The Morgan fingerprint density at radius 3 is 2.22 bits per heavy atom. The maximum absolute atomic E-state index is 11.9. The first kappa shape index (κ1) is 11.8. The zero-order valence-electron chi connectivity index (χ0n) is 9.41. The highest BCUT2D eigenvalue weighted by molar-refractivity contribution is 6.55. The molecule has 0 saturated carbocycles. The molecule has 7 nitrogen and oxygen atoms in total. The summed E-state index contributed by atoms with van der Waals surface area (Å²) in [5.74, 6) is -2.21. The monoisotopic (exact) mass is 247 g/mol. The molecule has 1 N–H and O–H groups in total. The van der Waals surface area contributed by atoms with Gasteiger partial charge >= 0.3 is 23.9 Å². The van der Waals surface area contributed by atoms with Crippen molar-refractivity contribution in [3.63, 3.8) is 0 Å². The van der Waals surface area contributed by atoms with Gasteiger partial charge in [0.25, 0.3) is 0 Å². The summed E-state index contributed by atoms with van der Waals surface area (Å²) in [5, 5.41) is 2.13. The van der Waals surface area contributed by atoms with Gasteiger partial charge in [0.2, 0.25) is 0 Å². The van der Waals surface area contributed by atoms with Crippen LogP contribution < -0.4 is 10.2 Å². The van der Waals surface area contributed by atoms with E-state index in [1.54, 1.807) is 18.2 Å². The molecule has 92 valence electrons. The SMILES string of the molecule is CNC(=O)N1C(=O)C(=O)N(c2ccccc2)C1=O. The van der Waals surface area contributed by atoms with Crippen LogP contribution in [0.1, 0.15) is 0 Å². The third kappa shape index (κ3) is 1.61. The van der Waals surface area contributed by atoms with Gasteiger partial charge in [0.15, 0.2) is 0 Å². The molecule has 1 aliphatic rings. The van der Waals surface area contributed by atoms with Gasteiger partial charge in [-0.15, -0.1) is 0 Å². The number of hydrogen-bond donors (Lipinski definition) is 1. The Bertz CT molecular complexity index is 540. The first-order chi connectivity index (χ1) is 8.57. The standard InChI is InChI=1S/C11H9N3O4/c1-12-10(17)14-9(16)8(15)13(11(14)18)7-5-3-2-4-6-7/h2-6H,1H3,(H,12,17). The van der Waals surface area contributed by atoms with Crippen LogP contribution in [-0.2, 0) is 9.59 Å². The van der Waals surface area contributed by atoms with E-state index in [-0.39, 0.29) is 10.6 Å². The lowest BCUT2D eigenvalue weighted by molar-refractivity contribution is -0.138. The lowest BCUT2D eigenvalue weighted by Gasteiger charge is -2.13. The van der Waals surface area contributed by atoms with Crippen LogP contribution in [0.4, 0.5) is 15.3 Å². The highest BCUT2D eigenvalue weighted by Crippen LogP contribution is 2.21. The molecule has 18 heavy (non-hydrogen) atoms. The Morgan fingerprint density at radius 2 is 1.67 bits per heavy atom. The second-order valence-corrected chi connectivity index (χ2v) is 3.45. The minimum absolute atomic E-state index is 0.243. The summed E-state index contributed by atoms with van der Waals surface area (Å²) in [6.45, 7) is 0. The summed E-state index contributed by atoms with van der Waals surface area (Å²) in [6.07, 6.45) is 0. The molecule has 1 heterocycles. The van der Waals surface area contributed by atoms with Crippen molar-refractivity contribution >= 4 is 29.6 Å². The highest BCUT2D eigenvalue weighted by Gasteiger charge is 2.48. The number of nitrogens with zero attached hydrogens (tertiary/aromatic N) is 2. The topological polar surface area (TPSA) is 86.8 Å². The molecule has 1 aromatic carbocycles. The number of carbonyl (C=O) groups excluding carboxylic acids is 4. The Kier molecular flexibility index (Phi) is 2.80. The molecular formula is C11H9N3O4. The average molecular weight is 247 g/mol. The second-order valence-electron chi connectivity index (χ2n) is 3.45. The molecule has 6 amide bonds. The fourth-order valence-electron chi connectivity index (χ4n) is 1.56. The van der Waals surface area contributed by atoms with Crippen molar-refractivity contribution < 1.29 is 19.2 Å². The lowest BCUT2D eigenvalue weighted by Crippen LogP contribution is -2.43. The van der Waals surface area contributed by atoms with Gasteiger partial charge in [-0.1, -0.05) is 18.2 Å². The number of amides is 6. The molecule has 1 fully saturated rings. The van der Waals surface area contributed by atoms with Crippen LogP contribution in [0, 0.1) is 0 Å². The molecule has 2 rings (SSSR count). The van der Waals surface area contributed by atoms with Crippen molar-refractivity contribution in [2.45, 2.75) is 0 Å². The fraction of sp³-hybridized carbons (Fsp3) is 0.0909. The van der Waals surface area contributed by atoms with Crippen molar-refractivity contribution in [3.8, 4) is 0 Å². The third-order valence-electron chi connectivity index (χ3n) is 2.40. The van der Waals surface area contributed by atoms with Gasteiger partial charge in [-0.05, 0) is 12.1 Å². The number of anilines is 1. The molecule has 1 aliphatic heterocycles. The Hall–Kier alpha value is -2.70. The predicted molar refractivity (Wildman–Crippen MR) is 60.6 cm³/mol. The van der Waals surface area contributed by atoms with E-state index in [0.717, 1.165) is 0 Å². The van der Waals surface area contributed by atoms with E-state index in [1.807, 2.05) is 0 Å². The van der Waals surface area contributed by atoms with Gasteiger partial charge < -0.3 is 5.32 Å². The number of para-hydroxylation sites is 1. The van der Waals surface area contributed by atoms with Gasteiger partial charge in [0.1, 0.15) is 0 Å². The molecular weight excluding hydrogens is 238 g/mol. The lowest BCUT2D eigenvalue weighted by atomic mass is 10.3. The normalized spacial score (nSPS) is 15.3. The van der Waals surface area contributed by atoms with Gasteiger partial charge in [0.05, 0.1) is 5.69 Å². The van der Waals surface area contributed by atoms with Crippen LogP contribution in [-0.4, -0.2) is 35.8 Å². The summed E-state index contributed by atoms with van der Waals surface area (Å²) < 4.78 is 0. The highest BCUT2D eigenvalue weighted by atomic mass is 16.2. The van der Waals surface area contributed by atoms with Crippen molar-refractivity contribution in [2.24, 2.45) is 0 Å². The predicted octanol–water partition coefficient (Wildman–Crippen LogP) is 0.321. The summed E-state index contributed by atoms with van der Waals surface area (Å²) >= 11 is 0. The number of imide groups is 4. The second kappa shape index (κ2) is 4.28. The number of carbonyl (C=O) groups is 4. The van der Waals surface area contributed by atoms with Crippen LogP contribution in [0.3, 0.4) is 0 Å². The zero-order chi connectivity index (χ0) is 13.3. The van der Waals surface area contributed by atoms with E-state index in [0.29, 0.717) is 4.90 Å². The molecule has 0 atom stereocenters. The Balaban J connectivity index is 2.41. The average Bonchev–Trinajstić information content (AvgIpc) is 2.61. The van der Waals surface area contributed by atoms with Crippen molar-refractivity contribution in [2.75, 3.05) is 11.9 Å². The van der Waals surface area contributed by atoms with Crippen LogP contribution in [0.15, 0.2) is 30.3 Å². The maximum atomic E-state index is 11.9. The Labute approximate surface area is 102 Å². The van der Waals surface area contributed by atoms with Gasteiger partial charge in [0, 0.05) is 7.05 Å². The molecule has 0 radical (unpaired) electrons. The van der Waals surface area contributed by atoms with Gasteiger partial charge in [-0.2, -0.15) is 4.90 Å². The fourth-order valence-corrected chi connectivity index (χ4v) is 1.56. The largest absolute Gasteiger partial charge is 0.347 e. The molecule has 7 heteroatoms. The van der Waals surface area contributed by atoms with E-state index < -0.39 is 23.9 Å². The van der Waals surface area contributed by atoms with Crippen LogP contribution >= 0.6 is 0 Å². The number of hydrogen-bond acceptors (Lipinski definition) is 4. The number of nitrogens with one attached hydrogen (secondary N) is 1. The molecule has 0 unspecified atom stereocenters. The number of urea groups is 2. The van der Waals surface area contributed by atoms with Crippen LogP contribution in [0.5, 0.6) is 0 Å². The minimum atomic E-state index is -1.16. The van der Waals surface area contributed by atoms with E-state index in [2.05, 4.69) is 5.32 Å². The first-order valence-corrected chi connectivity index (χ1v) is 5.07. The number of rotatable bonds is 1.